The Morgan fingerprint density at radius 2 is 1.83 bits per heavy atom. The normalized spacial score (nSPS) is 20.2. The molecule has 1 unspecified atom stereocenters. The Morgan fingerprint density at radius 1 is 1.12 bits per heavy atom. The largest absolute Gasteiger partial charge is 0.295 e. The molecular formula is C22H21NO. The van der Waals surface area contributed by atoms with E-state index in [1.807, 2.05) is 42.5 Å². The van der Waals surface area contributed by atoms with Crippen LogP contribution in [-0.4, -0.2) is 24.3 Å². The summed E-state index contributed by atoms with van der Waals surface area (Å²) in [5, 5.41) is 0. The van der Waals surface area contributed by atoms with Gasteiger partial charge in [-0.25, -0.2) is 0 Å². The molecule has 2 nitrogen and oxygen atoms in total. The molecule has 0 aliphatic carbocycles. The Labute approximate surface area is 143 Å². The molecule has 1 aliphatic heterocycles. The minimum Gasteiger partial charge on any atom is -0.295 e. The highest BCUT2D eigenvalue weighted by atomic mass is 16.1. The highest BCUT2D eigenvalue weighted by molar-refractivity contribution is 5.87. The third kappa shape index (κ3) is 3.18. The second-order valence-electron chi connectivity index (χ2n) is 6.16. The zero-order valence-corrected chi connectivity index (χ0v) is 14.1. The molecule has 0 bridgehead atoms. The molecule has 0 aromatic heterocycles. The molecule has 0 spiro atoms. The lowest BCUT2D eigenvalue weighted by Gasteiger charge is -2.41. The fourth-order valence-corrected chi connectivity index (χ4v) is 3.13. The molecule has 0 saturated carbocycles. The molecule has 1 aliphatic rings. The molecule has 0 amide bonds. The number of ketones is 1. The fraction of sp³-hybridized carbons (Fsp3) is 0.227. The van der Waals surface area contributed by atoms with Crippen molar-refractivity contribution in [2.75, 3.05) is 13.6 Å². The Hall–Kier alpha value is -2.63. The Bertz CT molecular complexity index is 826. The highest BCUT2D eigenvalue weighted by Crippen LogP contribution is 2.35. The van der Waals surface area contributed by atoms with Crippen LogP contribution < -0.4 is 0 Å². The molecule has 0 saturated heterocycles. The highest BCUT2D eigenvalue weighted by Gasteiger charge is 2.37. The van der Waals surface area contributed by atoms with E-state index in [0.29, 0.717) is 0 Å². The molecule has 0 fully saturated rings. The molecule has 0 radical (unpaired) electrons. The lowest BCUT2D eigenvalue weighted by atomic mass is 9.80. The molecule has 0 N–H and O–H groups in total. The van der Waals surface area contributed by atoms with Crippen molar-refractivity contribution in [3.8, 4) is 11.8 Å². The van der Waals surface area contributed by atoms with E-state index >= 15 is 0 Å². The van der Waals surface area contributed by atoms with Gasteiger partial charge < -0.3 is 0 Å². The summed E-state index contributed by atoms with van der Waals surface area (Å²) in [6.45, 7) is 2.48. The standard InChI is InChI=1S/C22H21NO/c1-18(24)12-15-22(16-13-19-8-4-3-5-9-19)21-11-7-6-10-20(21)14-17-23(22)2/h3-12,15H,14,17H2,1-2H3/b15-12+. The van der Waals surface area contributed by atoms with Crippen LogP contribution in [0.2, 0.25) is 0 Å². The van der Waals surface area contributed by atoms with Crippen molar-refractivity contribution in [3.05, 3.63) is 83.4 Å². The number of hydrogen-bond acceptors (Lipinski definition) is 2. The fourth-order valence-electron chi connectivity index (χ4n) is 3.13. The van der Waals surface area contributed by atoms with E-state index in [1.54, 1.807) is 13.0 Å². The first-order chi connectivity index (χ1) is 11.6. The molecule has 3 rings (SSSR count). The van der Waals surface area contributed by atoms with Gasteiger partial charge in [-0.3, -0.25) is 9.69 Å². The van der Waals surface area contributed by atoms with Crippen LogP contribution >= 0.6 is 0 Å². The molecule has 2 aromatic rings. The summed E-state index contributed by atoms with van der Waals surface area (Å²) in [6.07, 6.45) is 4.58. The van der Waals surface area contributed by atoms with Crippen molar-refractivity contribution in [1.82, 2.24) is 4.90 Å². The average Bonchev–Trinajstić information content (AvgIpc) is 2.61. The summed E-state index contributed by atoms with van der Waals surface area (Å²) in [5.41, 5.74) is 2.87. The number of hydrogen-bond donors (Lipinski definition) is 0. The van der Waals surface area contributed by atoms with Crippen molar-refractivity contribution >= 4 is 5.78 Å². The van der Waals surface area contributed by atoms with E-state index < -0.39 is 5.54 Å². The number of rotatable bonds is 2. The van der Waals surface area contributed by atoms with Crippen LogP contribution in [0.4, 0.5) is 0 Å². The van der Waals surface area contributed by atoms with Gasteiger partial charge in [0.2, 0.25) is 0 Å². The minimum atomic E-state index is -0.573. The second-order valence-corrected chi connectivity index (χ2v) is 6.16. The zero-order valence-electron chi connectivity index (χ0n) is 14.1. The molecule has 1 atom stereocenters. The predicted molar refractivity (Wildman–Crippen MR) is 97.6 cm³/mol. The van der Waals surface area contributed by atoms with E-state index in [-0.39, 0.29) is 5.78 Å². The van der Waals surface area contributed by atoms with E-state index in [4.69, 9.17) is 0 Å². The SMILES string of the molecule is CC(=O)/C=C/C1(C#Cc2ccccc2)c2ccccc2CCN1C. The maximum absolute atomic E-state index is 11.6. The van der Waals surface area contributed by atoms with Gasteiger partial charge in [-0.1, -0.05) is 54.3 Å². The third-order valence-electron chi connectivity index (χ3n) is 4.48. The average molecular weight is 315 g/mol. The van der Waals surface area contributed by atoms with Crippen molar-refractivity contribution < 1.29 is 4.79 Å². The molecule has 1 heterocycles. The molecule has 2 heteroatoms. The summed E-state index contributed by atoms with van der Waals surface area (Å²) in [7, 11) is 2.07. The van der Waals surface area contributed by atoms with Gasteiger partial charge in [-0.2, -0.15) is 0 Å². The first-order valence-electron chi connectivity index (χ1n) is 8.19. The van der Waals surface area contributed by atoms with Crippen LogP contribution in [0.1, 0.15) is 23.6 Å². The third-order valence-corrected chi connectivity index (χ3v) is 4.48. The maximum atomic E-state index is 11.6. The lowest BCUT2D eigenvalue weighted by Crippen LogP contribution is -2.46. The van der Waals surface area contributed by atoms with E-state index in [2.05, 4.69) is 42.0 Å². The predicted octanol–water partition coefficient (Wildman–Crippen LogP) is 3.57. The number of likely N-dealkylation sites (N-methyl/N-ethyl adjacent to an activating group) is 1. The van der Waals surface area contributed by atoms with Crippen LogP contribution in [0.5, 0.6) is 0 Å². The van der Waals surface area contributed by atoms with E-state index in [9.17, 15) is 4.79 Å². The summed E-state index contributed by atoms with van der Waals surface area (Å²) in [4.78, 5) is 13.8. The smallest absolute Gasteiger partial charge is 0.152 e. The van der Waals surface area contributed by atoms with Gasteiger partial charge in [-0.15, -0.1) is 0 Å². The number of nitrogens with zero attached hydrogens (tertiary/aromatic N) is 1. The van der Waals surface area contributed by atoms with Gasteiger partial charge in [0, 0.05) is 12.1 Å². The Morgan fingerprint density at radius 3 is 2.58 bits per heavy atom. The number of allylic oxidation sites excluding steroid dienone is 1. The first kappa shape index (κ1) is 16.2. The second kappa shape index (κ2) is 6.86. The van der Waals surface area contributed by atoms with Crippen molar-refractivity contribution in [2.24, 2.45) is 0 Å². The number of fused-ring (bicyclic) bond motifs is 1. The van der Waals surface area contributed by atoms with Crippen molar-refractivity contribution in [2.45, 2.75) is 18.9 Å². The van der Waals surface area contributed by atoms with Gasteiger partial charge in [0.1, 0.15) is 5.54 Å². The molecule has 2 aromatic carbocycles. The van der Waals surface area contributed by atoms with Gasteiger partial charge >= 0.3 is 0 Å². The summed E-state index contributed by atoms with van der Waals surface area (Å²) in [5.74, 6) is 6.78. The lowest BCUT2D eigenvalue weighted by molar-refractivity contribution is -0.112. The molecular weight excluding hydrogens is 294 g/mol. The van der Waals surface area contributed by atoms with Gasteiger partial charge in [0.15, 0.2) is 5.78 Å². The van der Waals surface area contributed by atoms with Crippen LogP contribution in [0.15, 0.2) is 66.7 Å². The monoisotopic (exact) mass is 315 g/mol. The van der Waals surface area contributed by atoms with Gasteiger partial charge in [-0.05, 0) is 55.8 Å². The Balaban J connectivity index is 2.17. The molecule has 24 heavy (non-hydrogen) atoms. The number of benzene rings is 2. The summed E-state index contributed by atoms with van der Waals surface area (Å²) in [6, 6.07) is 18.3. The molecule has 120 valence electrons. The van der Waals surface area contributed by atoms with Gasteiger partial charge in [0.25, 0.3) is 0 Å². The number of carbonyl (C=O) groups is 1. The minimum absolute atomic E-state index is 0.0346. The first-order valence-corrected chi connectivity index (χ1v) is 8.19. The quantitative estimate of drug-likeness (QED) is 0.624. The summed E-state index contributed by atoms with van der Waals surface area (Å²) >= 11 is 0. The topological polar surface area (TPSA) is 20.3 Å². The Kier molecular flexibility index (Phi) is 4.64. The van der Waals surface area contributed by atoms with Crippen LogP contribution in [-0.2, 0) is 16.8 Å². The van der Waals surface area contributed by atoms with Crippen molar-refractivity contribution in [1.29, 1.82) is 0 Å². The summed E-state index contributed by atoms with van der Waals surface area (Å²) < 4.78 is 0. The van der Waals surface area contributed by atoms with Crippen LogP contribution in [0.3, 0.4) is 0 Å². The maximum Gasteiger partial charge on any atom is 0.152 e. The number of carbonyl (C=O) groups excluding carboxylic acids is 1. The van der Waals surface area contributed by atoms with Crippen molar-refractivity contribution in [3.63, 3.8) is 0 Å². The zero-order chi connectivity index (χ0) is 17.0. The van der Waals surface area contributed by atoms with Crippen LogP contribution in [0, 0.1) is 11.8 Å². The van der Waals surface area contributed by atoms with E-state index in [1.165, 1.54) is 11.1 Å². The van der Waals surface area contributed by atoms with E-state index in [0.717, 1.165) is 18.5 Å². The van der Waals surface area contributed by atoms with Gasteiger partial charge in [0.05, 0.1) is 0 Å². The van der Waals surface area contributed by atoms with Crippen LogP contribution in [0.25, 0.3) is 0 Å².